The number of nitrogens with zero attached hydrogens (tertiary/aromatic N) is 2. The quantitative estimate of drug-likeness (QED) is 0.294. The maximum atomic E-state index is 14.1. The Bertz CT molecular complexity index is 1160. The van der Waals surface area contributed by atoms with E-state index in [-0.39, 0.29) is 17.3 Å². The Balaban J connectivity index is 2.04. The van der Waals surface area contributed by atoms with Crippen LogP contribution in [0.3, 0.4) is 0 Å². The summed E-state index contributed by atoms with van der Waals surface area (Å²) in [5.74, 6) is -1.76. The largest absolute Gasteiger partial charge is 0.416 e. The highest BCUT2D eigenvalue weighted by atomic mass is 19.4. The number of rotatable bonds is 8. The second-order valence-corrected chi connectivity index (χ2v) is 10.1. The summed E-state index contributed by atoms with van der Waals surface area (Å²) < 4.78 is 78.8. The molecule has 0 fully saturated rings. The molecule has 5 nitrogen and oxygen atoms in total. The van der Waals surface area contributed by atoms with Gasteiger partial charge in [0, 0.05) is 24.5 Å². The minimum atomic E-state index is -4.59. The Morgan fingerprint density at radius 2 is 1.23 bits per heavy atom. The molecule has 0 saturated heterocycles. The zero-order valence-electron chi connectivity index (χ0n) is 22.0. The van der Waals surface area contributed by atoms with E-state index < -0.39 is 53.3 Å². The molecule has 1 aliphatic heterocycles. The summed E-state index contributed by atoms with van der Waals surface area (Å²) >= 11 is 0. The Morgan fingerprint density at radius 1 is 0.769 bits per heavy atom. The summed E-state index contributed by atoms with van der Waals surface area (Å²) in [6, 6.07) is 6.15. The molecule has 39 heavy (non-hydrogen) atoms. The van der Waals surface area contributed by atoms with E-state index in [4.69, 9.17) is 0 Å². The first-order valence-corrected chi connectivity index (χ1v) is 12.5. The second kappa shape index (κ2) is 11.7. The summed E-state index contributed by atoms with van der Waals surface area (Å²) in [7, 11) is 0. The summed E-state index contributed by atoms with van der Waals surface area (Å²) in [6.07, 6.45) is -5.50. The number of alkyl halides is 6. The third kappa shape index (κ3) is 7.13. The van der Waals surface area contributed by atoms with Gasteiger partial charge in [0.2, 0.25) is 11.8 Å². The zero-order chi connectivity index (χ0) is 29.1. The van der Waals surface area contributed by atoms with Crippen molar-refractivity contribution in [3.63, 3.8) is 0 Å². The van der Waals surface area contributed by atoms with Crippen LogP contribution in [0, 0.1) is 11.8 Å². The van der Waals surface area contributed by atoms with Gasteiger partial charge in [-0.15, -0.1) is 0 Å². The fourth-order valence-corrected chi connectivity index (χ4v) is 4.37. The van der Waals surface area contributed by atoms with Gasteiger partial charge in [0.25, 0.3) is 0 Å². The van der Waals surface area contributed by atoms with Crippen LogP contribution in [-0.2, 0) is 21.9 Å². The van der Waals surface area contributed by atoms with E-state index in [1.807, 2.05) is 12.2 Å². The number of hydrogen-bond acceptors (Lipinski definition) is 3. The van der Waals surface area contributed by atoms with Crippen LogP contribution in [0.1, 0.15) is 38.8 Å². The van der Waals surface area contributed by atoms with Gasteiger partial charge in [-0.2, -0.15) is 26.3 Å². The third-order valence-electron chi connectivity index (χ3n) is 6.47. The van der Waals surface area contributed by atoms with Gasteiger partial charge in [-0.3, -0.25) is 14.5 Å². The number of halogens is 6. The molecule has 2 atom stereocenters. The van der Waals surface area contributed by atoms with Crippen LogP contribution < -0.4 is 10.2 Å². The minimum Gasteiger partial charge on any atom is -0.373 e. The monoisotopic (exact) mass is 555 g/mol. The molecule has 0 spiro atoms. The van der Waals surface area contributed by atoms with Crippen molar-refractivity contribution in [3.05, 3.63) is 71.8 Å². The maximum Gasteiger partial charge on any atom is 0.416 e. The lowest BCUT2D eigenvalue weighted by molar-refractivity contribution is -0.138. The van der Waals surface area contributed by atoms with Gasteiger partial charge in [-0.25, -0.2) is 0 Å². The van der Waals surface area contributed by atoms with Gasteiger partial charge in [0.15, 0.2) is 0 Å². The third-order valence-corrected chi connectivity index (χ3v) is 6.47. The predicted octanol–water partition coefficient (Wildman–Crippen LogP) is 6.62. The molecule has 2 amide bonds. The Kier molecular flexibility index (Phi) is 9.02. The van der Waals surface area contributed by atoms with Crippen LogP contribution in [0.5, 0.6) is 0 Å². The maximum absolute atomic E-state index is 14.1. The first-order valence-electron chi connectivity index (χ1n) is 12.5. The molecular weight excluding hydrogens is 524 g/mol. The smallest absolute Gasteiger partial charge is 0.373 e. The second-order valence-electron chi connectivity index (χ2n) is 10.1. The highest BCUT2D eigenvalue weighted by molar-refractivity contribution is 6.04. The number of carbonyl (C=O) groups excluding carboxylic acids is 2. The SMILES string of the molecule is CC(C)[C@@H](C(=O)N1CC=CC1)N(C(=O)[C@H](Nc1ccc(C(F)(F)F)cc1)C(C)C)c1ccc(C(F)(F)F)cc1. The van der Waals surface area contributed by atoms with Crippen molar-refractivity contribution in [2.75, 3.05) is 23.3 Å². The average Bonchev–Trinajstić information content (AvgIpc) is 3.39. The van der Waals surface area contributed by atoms with Crippen LogP contribution in [-0.4, -0.2) is 41.9 Å². The van der Waals surface area contributed by atoms with E-state index >= 15 is 0 Å². The highest BCUT2D eigenvalue weighted by Crippen LogP contribution is 2.33. The van der Waals surface area contributed by atoms with Crippen LogP contribution in [0.25, 0.3) is 0 Å². The molecule has 0 aliphatic carbocycles. The Labute approximate surface area is 223 Å². The van der Waals surface area contributed by atoms with Crippen molar-refractivity contribution in [2.24, 2.45) is 11.8 Å². The van der Waals surface area contributed by atoms with Gasteiger partial charge >= 0.3 is 12.4 Å². The number of hydrogen-bond donors (Lipinski definition) is 1. The fourth-order valence-electron chi connectivity index (χ4n) is 4.37. The number of nitrogens with one attached hydrogen (secondary N) is 1. The molecule has 0 unspecified atom stereocenters. The zero-order valence-corrected chi connectivity index (χ0v) is 22.0. The molecule has 212 valence electrons. The van der Waals surface area contributed by atoms with Crippen molar-refractivity contribution in [3.8, 4) is 0 Å². The van der Waals surface area contributed by atoms with Gasteiger partial charge in [-0.1, -0.05) is 39.8 Å². The molecule has 0 aromatic heterocycles. The fraction of sp³-hybridized carbons (Fsp3) is 0.429. The van der Waals surface area contributed by atoms with E-state index in [0.29, 0.717) is 13.1 Å². The van der Waals surface area contributed by atoms with Crippen molar-refractivity contribution in [1.29, 1.82) is 0 Å². The molecule has 0 bridgehead atoms. The lowest BCUT2D eigenvalue weighted by Gasteiger charge is -2.39. The van der Waals surface area contributed by atoms with Gasteiger partial charge in [0.1, 0.15) is 12.1 Å². The van der Waals surface area contributed by atoms with E-state index in [1.165, 1.54) is 17.0 Å². The summed E-state index contributed by atoms with van der Waals surface area (Å²) in [5, 5.41) is 2.97. The Hall–Kier alpha value is -3.50. The van der Waals surface area contributed by atoms with Crippen LogP contribution >= 0.6 is 0 Å². The van der Waals surface area contributed by atoms with Gasteiger partial charge < -0.3 is 10.2 Å². The molecule has 1 N–H and O–H groups in total. The van der Waals surface area contributed by atoms with E-state index in [0.717, 1.165) is 36.4 Å². The normalized spacial score (nSPS) is 15.5. The number of carbonyl (C=O) groups is 2. The van der Waals surface area contributed by atoms with E-state index in [9.17, 15) is 35.9 Å². The molecule has 2 aromatic rings. The minimum absolute atomic E-state index is 0.104. The molecule has 1 heterocycles. The lowest BCUT2D eigenvalue weighted by atomic mass is 9.95. The van der Waals surface area contributed by atoms with E-state index in [2.05, 4.69) is 5.32 Å². The highest BCUT2D eigenvalue weighted by Gasteiger charge is 2.40. The average molecular weight is 556 g/mol. The number of benzene rings is 2. The van der Waals surface area contributed by atoms with Gasteiger partial charge in [-0.05, 0) is 60.4 Å². The number of anilines is 2. The molecule has 2 aromatic carbocycles. The molecule has 11 heteroatoms. The molecule has 0 radical (unpaired) electrons. The van der Waals surface area contributed by atoms with Crippen molar-refractivity contribution in [1.82, 2.24) is 4.90 Å². The van der Waals surface area contributed by atoms with Crippen molar-refractivity contribution in [2.45, 2.75) is 52.1 Å². The van der Waals surface area contributed by atoms with Gasteiger partial charge in [0.05, 0.1) is 11.1 Å². The van der Waals surface area contributed by atoms with Crippen LogP contribution in [0.2, 0.25) is 0 Å². The molecular formula is C28H31F6N3O2. The van der Waals surface area contributed by atoms with E-state index in [1.54, 1.807) is 32.6 Å². The first kappa shape index (κ1) is 30.0. The molecule has 3 rings (SSSR count). The topological polar surface area (TPSA) is 52.7 Å². The van der Waals surface area contributed by atoms with Crippen molar-refractivity contribution >= 4 is 23.2 Å². The molecule has 1 aliphatic rings. The lowest BCUT2D eigenvalue weighted by Crippen LogP contribution is -2.57. The summed E-state index contributed by atoms with van der Waals surface area (Å²) in [5.41, 5.74) is -1.40. The van der Waals surface area contributed by atoms with Crippen LogP contribution in [0.4, 0.5) is 37.7 Å². The standard InChI is InChI=1S/C28H31F6N3O2/c1-17(2)23(35-21-11-7-19(8-12-21)27(29,30)31)25(38)37(22-13-9-20(10-14-22)28(32,33)34)24(18(3)4)26(39)36-15-5-6-16-36/h5-14,17-18,23-24,35H,15-16H2,1-4H3/t23-,24+/m1/s1. The first-order chi connectivity index (χ1) is 18.1. The van der Waals surface area contributed by atoms with Crippen LogP contribution in [0.15, 0.2) is 60.7 Å². The molecule has 0 saturated carbocycles. The van der Waals surface area contributed by atoms with Crippen molar-refractivity contribution < 1.29 is 35.9 Å². The number of amides is 2. The predicted molar refractivity (Wildman–Crippen MR) is 137 cm³/mol. The summed E-state index contributed by atoms with van der Waals surface area (Å²) in [6.45, 7) is 7.61. The Morgan fingerprint density at radius 3 is 1.64 bits per heavy atom. The summed E-state index contributed by atoms with van der Waals surface area (Å²) in [4.78, 5) is 30.5.